The first-order valence-corrected chi connectivity index (χ1v) is 7.19. The molecule has 0 nitrogen and oxygen atoms in total. The Morgan fingerprint density at radius 2 is 2.00 bits per heavy atom. The second-order valence-corrected chi connectivity index (χ2v) is 6.07. The van der Waals surface area contributed by atoms with Gasteiger partial charge in [-0.05, 0) is 38.7 Å². The van der Waals surface area contributed by atoms with E-state index >= 15 is 0 Å². The van der Waals surface area contributed by atoms with Gasteiger partial charge in [0.25, 0.3) is 0 Å². The summed E-state index contributed by atoms with van der Waals surface area (Å²) in [6, 6.07) is 0. The predicted molar refractivity (Wildman–Crippen MR) is 47.4 cm³/mol. The lowest BCUT2D eigenvalue weighted by Crippen LogP contribution is -1.82. The fourth-order valence-electron chi connectivity index (χ4n) is 0.572. The molecule has 1 atom stereocenters. The molecule has 0 saturated heterocycles. The van der Waals surface area contributed by atoms with Crippen molar-refractivity contribution in [2.24, 2.45) is 0 Å². The van der Waals surface area contributed by atoms with Crippen molar-refractivity contribution >= 4 is 16.5 Å². The van der Waals surface area contributed by atoms with Gasteiger partial charge in [0.2, 0.25) is 0 Å². The highest BCUT2D eigenvalue weighted by Crippen LogP contribution is 2.25. The van der Waals surface area contributed by atoms with E-state index in [-0.39, 0.29) is 0 Å². The third-order valence-electron chi connectivity index (χ3n) is 1.03. The van der Waals surface area contributed by atoms with Gasteiger partial charge in [-0.1, -0.05) is 0 Å². The van der Waals surface area contributed by atoms with Crippen LogP contribution in [0.2, 0.25) is 0 Å². The molecule has 0 fully saturated rings. The predicted octanol–water partition coefficient (Wildman–Crippen LogP) is 2.43. The van der Waals surface area contributed by atoms with Crippen LogP contribution in [0.1, 0.15) is 6.42 Å². The molecule has 0 rings (SSSR count). The Hall–Kier alpha value is 0.860. The maximum atomic E-state index is 2.36. The van der Waals surface area contributed by atoms with Crippen LogP contribution in [0.4, 0.5) is 0 Å². The zero-order valence-corrected chi connectivity index (χ0v) is 7.96. The Bertz CT molecular complexity index is 43.8. The number of rotatable bonds is 4. The topological polar surface area (TPSA) is 0 Å². The first-order valence-electron chi connectivity index (χ1n) is 3.06. The minimum atomic E-state index is 0.392. The lowest BCUT2D eigenvalue weighted by molar-refractivity contribution is 1.11. The van der Waals surface area contributed by atoms with E-state index in [0.29, 0.717) is 7.92 Å². The normalized spacial score (nSPS) is 12.0. The molecule has 0 aliphatic heterocycles. The molecule has 0 aromatic rings. The van der Waals surface area contributed by atoms with Crippen LogP contribution in [-0.4, -0.2) is 32.3 Å². The molecule has 0 spiro atoms. The summed E-state index contributed by atoms with van der Waals surface area (Å²) in [4.78, 5) is 0. The fourth-order valence-corrected chi connectivity index (χ4v) is 2.19. The summed E-state index contributed by atoms with van der Waals surface area (Å²) in [6.45, 7) is 7.00. The summed E-state index contributed by atoms with van der Waals surface area (Å²) < 4.78 is 0. The minimum Gasteiger partial charge on any atom is -0.125 e. The van der Waals surface area contributed by atoms with Gasteiger partial charge in [0.15, 0.2) is 0 Å². The smallest absolute Gasteiger partial charge is 0.0328 e. The average Bonchev–Trinajstić information content (AvgIpc) is 1.66. The Morgan fingerprint density at radius 1 is 1.38 bits per heavy atom. The molecule has 0 heterocycles. The van der Waals surface area contributed by atoms with Crippen molar-refractivity contribution in [2.75, 3.05) is 32.3 Å². The molecule has 0 saturated carbocycles. The molecule has 0 N–H and O–H groups in total. The van der Waals surface area contributed by atoms with Gasteiger partial charge in [-0.25, -0.2) is 0 Å². The Morgan fingerprint density at radius 3 is 2.38 bits per heavy atom. The van der Waals surface area contributed by atoms with Crippen LogP contribution in [0.15, 0.2) is 0 Å². The SMILES string of the molecule is CPCCCP(C)C. The molecule has 2 heteroatoms. The van der Waals surface area contributed by atoms with E-state index in [1.54, 1.807) is 0 Å². The minimum absolute atomic E-state index is 0.392. The lowest BCUT2D eigenvalue weighted by atomic mass is 10.6. The summed E-state index contributed by atoms with van der Waals surface area (Å²) in [5.41, 5.74) is 0. The van der Waals surface area contributed by atoms with E-state index in [1.165, 1.54) is 27.3 Å². The highest BCUT2D eigenvalue weighted by molar-refractivity contribution is 7.56. The van der Waals surface area contributed by atoms with E-state index in [0.717, 1.165) is 0 Å². The molecule has 0 aliphatic rings. The van der Waals surface area contributed by atoms with Crippen LogP contribution in [-0.2, 0) is 0 Å². The summed E-state index contributed by atoms with van der Waals surface area (Å²) in [6.07, 6.45) is 4.41. The average molecular weight is 150 g/mol. The van der Waals surface area contributed by atoms with E-state index in [4.69, 9.17) is 0 Å². The molecule has 0 aliphatic carbocycles. The monoisotopic (exact) mass is 150 g/mol. The number of hydrogen-bond donors (Lipinski definition) is 0. The molecule has 0 radical (unpaired) electrons. The zero-order valence-electron chi connectivity index (χ0n) is 6.07. The third-order valence-corrected chi connectivity index (χ3v) is 3.10. The lowest BCUT2D eigenvalue weighted by Gasteiger charge is -2.01. The van der Waals surface area contributed by atoms with E-state index in [2.05, 4.69) is 20.0 Å². The van der Waals surface area contributed by atoms with Gasteiger partial charge in [0.05, 0.1) is 0 Å². The summed E-state index contributed by atoms with van der Waals surface area (Å²) in [7, 11) is 1.56. The van der Waals surface area contributed by atoms with Crippen molar-refractivity contribution in [3.05, 3.63) is 0 Å². The molecule has 0 bridgehead atoms. The van der Waals surface area contributed by atoms with Gasteiger partial charge in [-0.15, -0.1) is 16.5 Å². The molecule has 1 unspecified atom stereocenters. The highest BCUT2D eigenvalue weighted by Gasteiger charge is 1.89. The van der Waals surface area contributed by atoms with Crippen LogP contribution in [0.5, 0.6) is 0 Å². The summed E-state index contributed by atoms with van der Waals surface area (Å²) in [5.74, 6) is 0. The van der Waals surface area contributed by atoms with Crippen LogP contribution in [0, 0.1) is 0 Å². The maximum Gasteiger partial charge on any atom is -0.0328 e. The van der Waals surface area contributed by atoms with Gasteiger partial charge in [0, 0.05) is 0 Å². The molecule has 0 aromatic carbocycles. The Kier molecular flexibility index (Phi) is 6.63. The molecule has 0 amide bonds. The molecule has 0 aromatic heterocycles. The molecular weight excluding hydrogens is 134 g/mol. The second-order valence-electron chi connectivity index (χ2n) is 2.26. The van der Waals surface area contributed by atoms with Gasteiger partial charge >= 0.3 is 0 Å². The van der Waals surface area contributed by atoms with Crippen LogP contribution < -0.4 is 0 Å². The molecule has 8 heavy (non-hydrogen) atoms. The largest absolute Gasteiger partial charge is 0.125 e. The zero-order chi connectivity index (χ0) is 6.41. The first kappa shape index (κ1) is 8.86. The fraction of sp³-hybridized carbons (Fsp3) is 1.00. The van der Waals surface area contributed by atoms with Crippen LogP contribution in [0.3, 0.4) is 0 Å². The van der Waals surface area contributed by atoms with E-state index in [9.17, 15) is 0 Å². The van der Waals surface area contributed by atoms with Crippen molar-refractivity contribution in [1.82, 2.24) is 0 Å². The molecular formula is C6H16P2. The summed E-state index contributed by atoms with van der Waals surface area (Å²) in [5, 5.41) is 0. The van der Waals surface area contributed by atoms with Crippen LogP contribution >= 0.6 is 16.5 Å². The second kappa shape index (κ2) is 5.99. The van der Waals surface area contributed by atoms with Gasteiger partial charge < -0.3 is 0 Å². The van der Waals surface area contributed by atoms with Crippen molar-refractivity contribution < 1.29 is 0 Å². The van der Waals surface area contributed by atoms with Gasteiger partial charge in [-0.2, -0.15) is 0 Å². The maximum absolute atomic E-state index is 2.36. The van der Waals surface area contributed by atoms with Gasteiger partial charge in [-0.3, -0.25) is 0 Å². The quantitative estimate of drug-likeness (QED) is 0.426. The first-order chi connectivity index (χ1) is 3.77. The Balaban J connectivity index is 2.72. The standard InChI is InChI=1S/C6H16P2/c1-7-5-4-6-8(2)3/h7H,4-6H2,1-3H3. The highest BCUT2D eigenvalue weighted by atomic mass is 31.1. The van der Waals surface area contributed by atoms with Gasteiger partial charge in [0.1, 0.15) is 0 Å². The van der Waals surface area contributed by atoms with Crippen molar-refractivity contribution in [3.63, 3.8) is 0 Å². The number of hydrogen-bond acceptors (Lipinski definition) is 0. The molecule has 50 valence electrons. The Labute approximate surface area is 56.0 Å². The van der Waals surface area contributed by atoms with Crippen molar-refractivity contribution in [3.8, 4) is 0 Å². The third kappa shape index (κ3) is 6.86. The van der Waals surface area contributed by atoms with E-state index < -0.39 is 0 Å². The van der Waals surface area contributed by atoms with Crippen molar-refractivity contribution in [2.45, 2.75) is 6.42 Å². The van der Waals surface area contributed by atoms with Crippen molar-refractivity contribution in [1.29, 1.82) is 0 Å². The van der Waals surface area contributed by atoms with E-state index in [1.807, 2.05) is 0 Å². The summed E-state index contributed by atoms with van der Waals surface area (Å²) >= 11 is 0. The van der Waals surface area contributed by atoms with Crippen LogP contribution in [0.25, 0.3) is 0 Å².